The van der Waals surface area contributed by atoms with Crippen molar-refractivity contribution < 1.29 is 0 Å². The molecule has 3 nitrogen and oxygen atoms in total. The average Bonchev–Trinajstić information content (AvgIpc) is 3.22. The van der Waals surface area contributed by atoms with Gasteiger partial charge in [0.15, 0.2) is 4.34 Å². The van der Waals surface area contributed by atoms with Gasteiger partial charge in [-0.2, -0.15) is 5.26 Å². The molecule has 2 heterocycles. The van der Waals surface area contributed by atoms with Crippen molar-refractivity contribution in [2.24, 2.45) is 0 Å². The predicted molar refractivity (Wildman–Crippen MR) is 119 cm³/mol. The van der Waals surface area contributed by atoms with Crippen molar-refractivity contribution in [1.29, 1.82) is 5.26 Å². The summed E-state index contributed by atoms with van der Waals surface area (Å²) in [6.45, 7) is 4.08. The van der Waals surface area contributed by atoms with Crippen LogP contribution in [0.15, 0.2) is 63.8 Å². The second kappa shape index (κ2) is 7.84. The summed E-state index contributed by atoms with van der Waals surface area (Å²) in [5, 5.41) is 10.4. The smallest absolute Gasteiger partial charge is 0.156 e. The number of benzene rings is 2. The minimum absolute atomic E-state index is 0.610. The van der Waals surface area contributed by atoms with E-state index in [0.29, 0.717) is 9.93 Å². The van der Waals surface area contributed by atoms with E-state index in [9.17, 15) is 5.26 Å². The van der Waals surface area contributed by atoms with E-state index in [0.717, 1.165) is 37.2 Å². The van der Waals surface area contributed by atoms with Crippen LogP contribution in [0.1, 0.15) is 17.0 Å². The summed E-state index contributed by atoms with van der Waals surface area (Å²) in [6, 6.07) is 20.2. The van der Waals surface area contributed by atoms with Crippen LogP contribution >= 0.6 is 34.7 Å². The maximum atomic E-state index is 9.66. The van der Waals surface area contributed by atoms with E-state index in [1.54, 1.807) is 11.3 Å². The molecule has 0 saturated heterocycles. The minimum Gasteiger partial charge on any atom is -0.316 e. The Labute approximate surface area is 176 Å². The zero-order valence-corrected chi connectivity index (χ0v) is 17.7. The first-order chi connectivity index (χ1) is 13.6. The molecule has 28 heavy (non-hydrogen) atoms. The molecular weight excluding hydrogens is 406 g/mol. The van der Waals surface area contributed by atoms with Crippen LogP contribution in [-0.4, -0.2) is 9.55 Å². The first kappa shape index (κ1) is 18.8. The van der Waals surface area contributed by atoms with Gasteiger partial charge in [-0.25, -0.2) is 4.98 Å². The lowest BCUT2D eigenvalue weighted by Gasteiger charge is -2.11. The van der Waals surface area contributed by atoms with E-state index in [1.165, 1.54) is 11.8 Å². The number of thiazole rings is 1. The number of aryl methyl sites for hydroxylation is 1. The zero-order valence-electron chi connectivity index (χ0n) is 15.3. The SMILES string of the molecule is Cc1cc(/C=C(\C#N)Sc2nc3ccccc3s2)c(C)n1-c1ccccc1Cl. The van der Waals surface area contributed by atoms with Gasteiger partial charge in [0.2, 0.25) is 0 Å². The molecule has 0 aliphatic carbocycles. The first-order valence-corrected chi connectivity index (χ1v) is 10.7. The number of allylic oxidation sites excluding steroid dienone is 1. The summed E-state index contributed by atoms with van der Waals surface area (Å²) in [4.78, 5) is 5.22. The topological polar surface area (TPSA) is 41.6 Å². The van der Waals surface area contributed by atoms with Crippen molar-refractivity contribution in [2.45, 2.75) is 18.2 Å². The van der Waals surface area contributed by atoms with E-state index in [1.807, 2.05) is 68.5 Å². The zero-order chi connectivity index (χ0) is 19.7. The Kier molecular flexibility index (Phi) is 5.27. The molecule has 0 N–H and O–H groups in total. The average molecular weight is 422 g/mol. The molecule has 4 aromatic rings. The lowest BCUT2D eigenvalue weighted by Crippen LogP contribution is -1.99. The van der Waals surface area contributed by atoms with Gasteiger partial charge in [-0.3, -0.25) is 0 Å². The predicted octanol–water partition coefficient (Wildman–Crippen LogP) is 7.01. The Bertz CT molecular complexity index is 1210. The fraction of sp³-hybridized carbons (Fsp3) is 0.0909. The standard InChI is InChI=1S/C22H16ClN3S2/c1-14-11-16(15(2)26(14)20-9-5-3-7-18(20)23)12-17(13-24)27-22-25-19-8-4-6-10-21(19)28-22/h3-12H,1-2H3/b17-12+. The van der Waals surface area contributed by atoms with Crippen LogP contribution < -0.4 is 0 Å². The van der Waals surface area contributed by atoms with Gasteiger partial charge in [0, 0.05) is 11.4 Å². The number of thioether (sulfide) groups is 1. The van der Waals surface area contributed by atoms with E-state index < -0.39 is 0 Å². The summed E-state index contributed by atoms with van der Waals surface area (Å²) in [5.41, 5.74) is 5.02. The Morgan fingerprint density at radius 2 is 1.93 bits per heavy atom. The molecule has 0 spiro atoms. The number of fused-ring (bicyclic) bond motifs is 1. The maximum Gasteiger partial charge on any atom is 0.156 e. The number of para-hydroxylation sites is 2. The van der Waals surface area contributed by atoms with Crippen molar-refractivity contribution >= 4 is 51.0 Å². The Balaban J connectivity index is 1.70. The van der Waals surface area contributed by atoms with Crippen LogP contribution in [0.25, 0.3) is 22.0 Å². The van der Waals surface area contributed by atoms with Crippen LogP contribution in [0.3, 0.4) is 0 Å². The normalized spacial score (nSPS) is 11.7. The summed E-state index contributed by atoms with van der Waals surface area (Å²) < 4.78 is 4.11. The van der Waals surface area contributed by atoms with E-state index in [-0.39, 0.29) is 0 Å². The van der Waals surface area contributed by atoms with Gasteiger partial charge < -0.3 is 4.57 Å². The van der Waals surface area contributed by atoms with Gasteiger partial charge in [0.25, 0.3) is 0 Å². The fourth-order valence-electron chi connectivity index (χ4n) is 3.15. The van der Waals surface area contributed by atoms with E-state index >= 15 is 0 Å². The third-order valence-corrected chi connectivity index (χ3v) is 6.78. The molecule has 0 bridgehead atoms. The van der Waals surface area contributed by atoms with Crippen molar-refractivity contribution in [2.75, 3.05) is 0 Å². The Morgan fingerprint density at radius 3 is 2.68 bits per heavy atom. The molecule has 0 aliphatic heterocycles. The van der Waals surface area contributed by atoms with Crippen molar-refractivity contribution in [3.05, 3.63) is 81.5 Å². The highest BCUT2D eigenvalue weighted by molar-refractivity contribution is 8.05. The van der Waals surface area contributed by atoms with Crippen molar-refractivity contribution in [3.8, 4) is 11.8 Å². The highest BCUT2D eigenvalue weighted by Crippen LogP contribution is 2.35. The molecular formula is C22H16ClN3S2. The number of halogens is 1. The van der Waals surface area contributed by atoms with Crippen molar-refractivity contribution in [3.63, 3.8) is 0 Å². The first-order valence-electron chi connectivity index (χ1n) is 8.66. The summed E-state index contributed by atoms with van der Waals surface area (Å²) in [5.74, 6) is 0. The quantitative estimate of drug-likeness (QED) is 0.262. The highest BCUT2D eigenvalue weighted by Gasteiger charge is 2.13. The fourth-order valence-corrected chi connectivity index (χ4v) is 5.34. The molecule has 2 aromatic carbocycles. The maximum absolute atomic E-state index is 9.66. The highest BCUT2D eigenvalue weighted by atomic mass is 35.5. The third kappa shape index (κ3) is 3.59. The number of aromatic nitrogens is 2. The van der Waals surface area contributed by atoms with Gasteiger partial charge in [0.05, 0.1) is 25.8 Å². The van der Waals surface area contributed by atoms with Gasteiger partial charge in [0.1, 0.15) is 6.07 Å². The van der Waals surface area contributed by atoms with Gasteiger partial charge in [-0.1, -0.05) is 35.9 Å². The number of nitrogens with zero attached hydrogens (tertiary/aromatic N) is 3. The molecule has 0 unspecified atom stereocenters. The molecule has 138 valence electrons. The summed E-state index contributed by atoms with van der Waals surface area (Å²) in [7, 11) is 0. The summed E-state index contributed by atoms with van der Waals surface area (Å²) in [6.07, 6.45) is 1.92. The Morgan fingerprint density at radius 1 is 1.18 bits per heavy atom. The lowest BCUT2D eigenvalue weighted by molar-refractivity contribution is 0.965. The van der Waals surface area contributed by atoms with Crippen LogP contribution in [0.4, 0.5) is 0 Å². The largest absolute Gasteiger partial charge is 0.316 e. The molecule has 0 saturated carbocycles. The number of hydrogen-bond acceptors (Lipinski definition) is 4. The van der Waals surface area contributed by atoms with Gasteiger partial charge in [-0.05, 0) is 67.6 Å². The second-order valence-electron chi connectivity index (χ2n) is 6.28. The summed E-state index contributed by atoms with van der Waals surface area (Å²) >= 11 is 9.40. The number of nitriles is 1. The lowest BCUT2D eigenvalue weighted by atomic mass is 10.2. The van der Waals surface area contributed by atoms with Gasteiger partial charge in [-0.15, -0.1) is 11.3 Å². The molecule has 0 amide bonds. The van der Waals surface area contributed by atoms with Crippen LogP contribution in [0.5, 0.6) is 0 Å². The molecule has 0 aliphatic rings. The van der Waals surface area contributed by atoms with Crippen molar-refractivity contribution in [1.82, 2.24) is 9.55 Å². The van der Waals surface area contributed by atoms with Crippen LogP contribution in [0, 0.1) is 25.2 Å². The van der Waals surface area contributed by atoms with Gasteiger partial charge >= 0.3 is 0 Å². The van der Waals surface area contributed by atoms with Crippen LogP contribution in [0.2, 0.25) is 5.02 Å². The molecule has 4 rings (SSSR count). The monoisotopic (exact) mass is 421 g/mol. The second-order valence-corrected chi connectivity index (χ2v) is 9.01. The molecule has 0 fully saturated rings. The molecule has 0 atom stereocenters. The number of rotatable bonds is 4. The third-order valence-electron chi connectivity index (χ3n) is 4.43. The number of hydrogen-bond donors (Lipinski definition) is 0. The minimum atomic E-state index is 0.610. The van der Waals surface area contributed by atoms with Crippen LogP contribution in [-0.2, 0) is 0 Å². The Hall–Kier alpha value is -2.52. The molecule has 6 heteroatoms. The molecule has 0 radical (unpaired) electrons. The molecule has 2 aromatic heterocycles. The van der Waals surface area contributed by atoms with E-state index in [2.05, 4.69) is 21.7 Å². The van der Waals surface area contributed by atoms with E-state index in [4.69, 9.17) is 11.6 Å².